The Morgan fingerprint density at radius 2 is 1.24 bits per heavy atom. The Labute approximate surface area is 137 Å². The largest absolute Gasteiger partial charge is 0.465 e. The molecular weight excluding hydrogens is 328 g/mol. The lowest BCUT2D eigenvalue weighted by atomic mass is 10.2. The van der Waals surface area contributed by atoms with Crippen molar-refractivity contribution < 1.29 is 9.53 Å². The van der Waals surface area contributed by atoms with Crippen molar-refractivity contribution in [3.05, 3.63) is 69.7 Å². The van der Waals surface area contributed by atoms with Crippen molar-refractivity contribution in [2.24, 2.45) is 0 Å². The molecule has 0 radical (unpaired) electrons. The Morgan fingerprint density at radius 1 is 0.857 bits per heavy atom. The highest BCUT2D eigenvalue weighted by atomic mass is 79.9. The molecule has 0 aromatic heterocycles. The molecule has 0 saturated heterocycles. The van der Waals surface area contributed by atoms with E-state index in [1.165, 1.54) is 12.7 Å². The number of benzene rings is 2. The average molecular weight is 353 g/mol. The number of hydrogen-bond acceptors (Lipinski definition) is 2. The summed E-state index contributed by atoms with van der Waals surface area (Å²) in [6.07, 6.45) is 0. The molecule has 0 unspecified atom stereocenters. The van der Waals surface area contributed by atoms with Crippen LogP contribution in [0.5, 0.6) is 0 Å². The van der Waals surface area contributed by atoms with Gasteiger partial charge in [0, 0.05) is 4.47 Å². The Balaban J connectivity index is 0. The van der Waals surface area contributed by atoms with Gasteiger partial charge < -0.3 is 4.74 Å². The maximum atomic E-state index is 10.9. The molecule has 0 aliphatic rings. The van der Waals surface area contributed by atoms with Gasteiger partial charge in [-0.05, 0) is 38.1 Å². The molecule has 0 fully saturated rings. The number of rotatable bonds is 1. The van der Waals surface area contributed by atoms with Crippen LogP contribution in [0.3, 0.4) is 0 Å². The first kappa shape index (κ1) is 21.7. The highest BCUT2D eigenvalue weighted by Crippen LogP contribution is 2.08. The molecule has 0 heterocycles. The van der Waals surface area contributed by atoms with Gasteiger partial charge in [-0.1, -0.05) is 66.2 Å². The lowest BCUT2D eigenvalue weighted by Crippen LogP contribution is -2.00. The van der Waals surface area contributed by atoms with Gasteiger partial charge in [0.05, 0.1) is 12.7 Å². The summed E-state index contributed by atoms with van der Waals surface area (Å²) in [7, 11) is 1.38. The van der Waals surface area contributed by atoms with E-state index in [1.807, 2.05) is 31.2 Å². The second-order valence-electron chi connectivity index (χ2n) is 4.15. The van der Waals surface area contributed by atoms with E-state index < -0.39 is 0 Å². The average Bonchev–Trinajstić information content (AvgIpc) is 2.43. The fourth-order valence-electron chi connectivity index (χ4n) is 1.34. The van der Waals surface area contributed by atoms with E-state index in [0.29, 0.717) is 5.56 Å². The van der Waals surface area contributed by atoms with Crippen molar-refractivity contribution >= 4 is 21.9 Å². The molecule has 2 rings (SSSR count). The third kappa shape index (κ3) is 8.30. The van der Waals surface area contributed by atoms with Crippen LogP contribution >= 0.6 is 15.9 Å². The predicted octanol–water partition coefficient (Wildman–Crippen LogP) is 5.81. The van der Waals surface area contributed by atoms with E-state index in [-0.39, 0.29) is 20.8 Å². The Hall–Kier alpha value is -1.61. The topological polar surface area (TPSA) is 26.3 Å². The minimum Gasteiger partial charge on any atom is -0.465 e. The number of ether oxygens (including phenoxy) is 1. The summed E-state index contributed by atoms with van der Waals surface area (Å²) >= 11 is 3.35. The lowest BCUT2D eigenvalue weighted by molar-refractivity contribution is 0.0600. The molecule has 0 saturated carbocycles. The Bertz CT molecular complexity index is 495. The summed E-state index contributed by atoms with van der Waals surface area (Å²) < 4.78 is 5.68. The minimum atomic E-state index is -0.287. The quantitative estimate of drug-likeness (QED) is 0.605. The molecule has 2 aromatic rings. The van der Waals surface area contributed by atoms with Crippen LogP contribution < -0.4 is 0 Å². The smallest absolute Gasteiger partial charge is 0.337 e. The van der Waals surface area contributed by atoms with Crippen LogP contribution in [0.4, 0.5) is 0 Å². The minimum absolute atomic E-state index is 0. The first-order valence-electron chi connectivity index (χ1n) is 5.90. The molecule has 21 heavy (non-hydrogen) atoms. The fourth-order valence-corrected chi connectivity index (χ4v) is 1.61. The van der Waals surface area contributed by atoms with Gasteiger partial charge in [-0.3, -0.25) is 0 Å². The Morgan fingerprint density at radius 3 is 1.57 bits per heavy atom. The number of aryl methyl sites for hydroxylation is 2. The molecule has 2 aromatic carbocycles. The fraction of sp³-hybridized carbons (Fsp3) is 0.278. The van der Waals surface area contributed by atoms with Crippen molar-refractivity contribution in [3.63, 3.8) is 0 Å². The summed E-state index contributed by atoms with van der Waals surface area (Å²) in [4.78, 5) is 10.9. The second-order valence-corrected chi connectivity index (χ2v) is 5.07. The summed E-state index contributed by atoms with van der Waals surface area (Å²) in [6.45, 7) is 4.05. The molecule has 0 aliphatic heterocycles. The van der Waals surface area contributed by atoms with Gasteiger partial charge >= 0.3 is 5.97 Å². The van der Waals surface area contributed by atoms with Gasteiger partial charge in [-0.15, -0.1) is 0 Å². The van der Waals surface area contributed by atoms with Crippen LogP contribution in [-0.2, 0) is 4.74 Å². The number of carbonyl (C=O) groups excluding carboxylic acids is 1. The number of halogens is 1. The summed E-state index contributed by atoms with van der Waals surface area (Å²) in [5.74, 6) is -0.287. The molecular formula is C18H25BrO2. The molecule has 0 bridgehead atoms. The van der Waals surface area contributed by atoms with E-state index >= 15 is 0 Å². The van der Waals surface area contributed by atoms with E-state index in [1.54, 1.807) is 12.1 Å². The molecule has 0 amide bonds. The van der Waals surface area contributed by atoms with Gasteiger partial charge in [0.25, 0.3) is 0 Å². The van der Waals surface area contributed by atoms with E-state index in [0.717, 1.165) is 10.0 Å². The van der Waals surface area contributed by atoms with Gasteiger partial charge in [0.15, 0.2) is 0 Å². The standard InChI is InChI=1S/C9H10O2.C7H7Br.2CH4/c1-7-3-5-8(6-4-7)9(10)11-2;1-6-2-4-7(8)5-3-6;;/h3-6H,1-2H3;2-5H,1H3;2*1H4. The van der Waals surface area contributed by atoms with Crippen LogP contribution in [0.2, 0.25) is 0 Å². The van der Waals surface area contributed by atoms with Gasteiger partial charge in [0.1, 0.15) is 0 Å². The van der Waals surface area contributed by atoms with Crippen molar-refractivity contribution in [2.45, 2.75) is 28.7 Å². The zero-order valence-electron chi connectivity index (χ0n) is 11.3. The summed E-state index contributed by atoms with van der Waals surface area (Å²) in [6, 6.07) is 15.5. The predicted molar refractivity (Wildman–Crippen MR) is 94.9 cm³/mol. The van der Waals surface area contributed by atoms with Crippen LogP contribution in [0.25, 0.3) is 0 Å². The molecule has 0 atom stereocenters. The molecule has 116 valence electrons. The van der Waals surface area contributed by atoms with Crippen molar-refractivity contribution in [3.8, 4) is 0 Å². The first-order chi connectivity index (χ1) is 9.02. The second kappa shape index (κ2) is 11.1. The molecule has 0 N–H and O–H groups in total. The maximum absolute atomic E-state index is 10.9. The van der Waals surface area contributed by atoms with Crippen molar-refractivity contribution in [1.82, 2.24) is 0 Å². The van der Waals surface area contributed by atoms with Gasteiger partial charge in [-0.2, -0.15) is 0 Å². The third-order valence-corrected chi connectivity index (χ3v) is 3.01. The Kier molecular flexibility index (Phi) is 11.5. The van der Waals surface area contributed by atoms with Crippen molar-refractivity contribution in [1.29, 1.82) is 0 Å². The maximum Gasteiger partial charge on any atom is 0.337 e. The third-order valence-electron chi connectivity index (χ3n) is 2.48. The van der Waals surface area contributed by atoms with Crippen LogP contribution in [0.1, 0.15) is 36.3 Å². The highest BCUT2D eigenvalue weighted by molar-refractivity contribution is 9.10. The van der Waals surface area contributed by atoms with E-state index in [4.69, 9.17) is 0 Å². The molecule has 2 nitrogen and oxygen atoms in total. The van der Waals surface area contributed by atoms with Crippen molar-refractivity contribution in [2.75, 3.05) is 7.11 Å². The zero-order valence-corrected chi connectivity index (χ0v) is 12.9. The summed E-state index contributed by atoms with van der Waals surface area (Å²) in [5.41, 5.74) is 3.03. The van der Waals surface area contributed by atoms with Gasteiger partial charge in [0.2, 0.25) is 0 Å². The van der Waals surface area contributed by atoms with E-state index in [2.05, 4.69) is 39.7 Å². The zero-order chi connectivity index (χ0) is 14.3. The molecule has 0 spiro atoms. The SMILES string of the molecule is C.C.COC(=O)c1ccc(C)cc1.Cc1ccc(Br)cc1. The van der Waals surface area contributed by atoms with Crippen LogP contribution in [-0.4, -0.2) is 13.1 Å². The number of methoxy groups -OCH3 is 1. The van der Waals surface area contributed by atoms with E-state index in [9.17, 15) is 4.79 Å². The first-order valence-corrected chi connectivity index (χ1v) is 6.69. The lowest BCUT2D eigenvalue weighted by Gasteiger charge is -1.97. The highest BCUT2D eigenvalue weighted by Gasteiger charge is 2.01. The normalized spacial score (nSPS) is 8.38. The monoisotopic (exact) mass is 352 g/mol. The summed E-state index contributed by atoms with van der Waals surface area (Å²) in [5, 5.41) is 0. The van der Waals surface area contributed by atoms with Crippen LogP contribution in [0, 0.1) is 13.8 Å². The van der Waals surface area contributed by atoms with Gasteiger partial charge in [-0.25, -0.2) is 4.79 Å². The van der Waals surface area contributed by atoms with Crippen LogP contribution in [0.15, 0.2) is 53.0 Å². The number of esters is 1. The molecule has 3 heteroatoms. The number of hydrogen-bond donors (Lipinski definition) is 0. The molecule has 0 aliphatic carbocycles. The number of carbonyl (C=O) groups is 1.